The van der Waals surface area contributed by atoms with E-state index in [1.807, 2.05) is 0 Å². The molecule has 0 bridgehead atoms. The Morgan fingerprint density at radius 3 is 2.65 bits per heavy atom. The number of nitrogens with one attached hydrogen (secondary N) is 1. The predicted octanol–water partition coefficient (Wildman–Crippen LogP) is 1.32. The van der Waals surface area contributed by atoms with E-state index in [1.165, 1.54) is 6.07 Å². The van der Waals surface area contributed by atoms with Crippen LogP contribution < -0.4 is 22.5 Å². The van der Waals surface area contributed by atoms with Crippen LogP contribution in [0.2, 0.25) is 5.02 Å². The molecule has 0 aliphatic rings. The number of anilines is 3. The van der Waals surface area contributed by atoms with E-state index < -0.39 is 11.7 Å². The lowest BCUT2D eigenvalue weighted by atomic mass is 10.2. The summed E-state index contributed by atoms with van der Waals surface area (Å²) in [4.78, 5) is 10.7. The van der Waals surface area contributed by atoms with Crippen LogP contribution in [0.15, 0.2) is 6.07 Å². The summed E-state index contributed by atoms with van der Waals surface area (Å²) in [6.07, 6.45) is 0.0564. The topological polar surface area (TPSA) is 107 Å². The second-order valence-electron chi connectivity index (χ2n) is 3.77. The van der Waals surface area contributed by atoms with Gasteiger partial charge >= 0.3 is 0 Å². The molecule has 17 heavy (non-hydrogen) atoms. The van der Waals surface area contributed by atoms with Gasteiger partial charge in [0.15, 0.2) is 5.82 Å². The number of carbonyl (C=O) groups excluding carboxylic acids is 1. The summed E-state index contributed by atoms with van der Waals surface area (Å²) in [6, 6.07) is 0.995. The van der Waals surface area contributed by atoms with Crippen molar-refractivity contribution in [3.05, 3.63) is 16.9 Å². The SMILES string of the molecule is CC(CC(N)=O)Nc1c(N)cc(N)c(Cl)c1F. The second kappa shape index (κ2) is 5.09. The Balaban J connectivity index is 2.99. The monoisotopic (exact) mass is 260 g/mol. The third kappa shape index (κ3) is 3.13. The molecule has 0 saturated heterocycles. The summed E-state index contributed by atoms with van der Waals surface area (Å²) in [5, 5.41) is 2.54. The van der Waals surface area contributed by atoms with Crippen LogP contribution in [0.3, 0.4) is 0 Å². The zero-order valence-electron chi connectivity index (χ0n) is 9.26. The number of hydrogen-bond donors (Lipinski definition) is 4. The Morgan fingerprint density at radius 1 is 1.53 bits per heavy atom. The first-order chi connectivity index (χ1) is 7.82. The number of nitrogen functional groups attached to an aromatic ring is 2. The molecule has 7 N–H and O–H groups in total. The van der Waals surface area contributed by atoms with Crippen molar-refractivity contribution in [2.75, 3.05) is 16.8 Å². The van der Waals surface area contributed by atoms with Crippen molar-refractivity contribution in [1.29, 1.82) is 0 Å². The van der Waals surface area contributed by atoms with Crippen molar-refractivity contribution in [3.63, 3.8) is 0 Å². The maximum Gasteiger partial charge on any atom is 0.219 e. The first kappa shape index (κ1) is 13.4. The highest BCUT2D eigenvalue weighted by molar-refractivity contribution is 6.33. The summed E-state index contributed by atoms with van der Waals surface area (Å²) in [5.74, 6) is -1.23. The number of benzene rings is 1. The average Bonchev–Trinajstić information content (AvgIpc) is 2.20. The van der Waals surface area contributed by atoms with Crippen molar-refractivity contribution < 1.29 is 9.18 Å². The molecule has 1 unspecified atom stereocenters. The highest BCUT2D eigenvalue weighted by Gasteiger charge is 2.16. The molecule has 1 amide bonds. The molecule has 1 rings (SSSR count). The Morgan fingerprint density at radius 2 is 2.12 bits per heavy atom. The Hall–Kier alpha value is -1.69. The van der Waals surface area contributed by atoms with E-state index in [-0.39, 0.29) is 34.5 Å². The summed E-state index contributed by atoms with van der Waals surface area (Å²) in [5.41, 5.74) is 16.3. The zero-order chi connectivity index (χ0) is 13.2. The molecule has 94 valence electrons. The van der Waals surface area contributed by atoms with E-state index in [2.05, 4.69) is 5.32 Å². The van der Waals surface area contributed by atoms with Gasteiger partial charge in [0.05, 0.1) is 17.1 Å². The molecule has 1 atom stereocenters. The van der Waals surface area contributed by atoms with Gasteiger partial charge in [0.1, 0.15) is 5.02 Å². The molecule has 0 heterocycles. The number of halogens is 2. The third-order valence-corrected chi connectivity index (χ3v) is 2.55. The summed E-state index contributed by atoms with van der Waals surface area (Å²) >= 11 is 5.66. The van der Waals surface area contributed by atoms with Gasteiger partial charge in [-0.15, -0.1) is 0 Å². The van der Waals surface area contributed by atoms with Gasteiger partial charge in [0.2, 0.25) is 5.91 Å². The lowest BCUT2D eigenvalue weighted by Crippen LogP contribution is -2.25. The minimum atomic E-state index is -0.736. The fourth-order valence-electron chi connectivity index (χ4n) is 1.41. The van der Waals surface area contributed by atoms with Crippen molar-refractivity contribution in [3.8, 4) is 0 Å². The number of primary amides is 1. The van der Waals surface area contributed by atoms with Crippen molar-refractivity contribution >= 4 is 34.6 Å². The molecule has 0 aliphatic carbocycles. The van der Waals surface area contributed by atoms with Gasteiger partial charge in [-0.05, 0) is 13.0 Å². The first-order valence-electron chi connectivity index (χ1n) is 4.90. The van der Waals surface area contributed by atoms with Crippen molar-refractivity contribution in [2.24, 2.45) is 5.73 Å². The van der Waals surface area contributed by atoms with E-state index in [4.69, 9.17) is 28.8 Å². The van der Waals surface area contributed by atoms with Crippen LogP contribution in [0.1, 0.15) is 13.3 Å². The van der Waals surface area contributed by atoms with Gasteiger partial charge in [-0.1, -0.05) is 11.6 Å². The van der Waals surface area contributed by atoms with Crippen molar-refractivity contribution in [1.82, 2.24) is 0 Å². The van der Waals surface area contributed by atoms with Gasteiger partial charge in [0, 0.05) is 12.5 Å². The fourth-order valence-corrected chi connectivity index (χ4v) is 1.56. The minimum Gasteiger partial charge on any atom is -0.397 e. The van der Waals surface area contributed by atoms with Crippen LogP contribution in [0.25, 0.3) is 0 Å². The standard InChI is InChI=1S/C10H14ClFN4O/c1-4(2-7(15)17)16-10-6(14)3-5(13)8(11)9(10)12/h3-4,16H,2,13-14H2,1H3,(H2,15,17). The highest BCUT2D eigenvalue weighted by Crippen LogP contribution is 2.34. The van der Waals surface area contributed by atoms with Crippen molar-refractivity contribution in [2.45, 2.75) is 19.4 Å². The molecule has 1 aromatic carbocycles. The first-order valence-corrected chi connectivity index (χ1v) is 5.28. The molecule has 0 aliphatic heterocycles. The average molecular weight is 261 g/mol. The van der Waals surface area contributed by atoms with Crippen LogP contribution in [0, 0.1) is 5.82 Å². The number of rotatable bonds is 4. The van der Waals surface area contributed by atoms with Gasteiger partial charge in [-0.2, -0.15) is 0 Å². The molecule has 1 aromatic rings. The maximum absolute atomic E-state index is 13.8. The quantitative estimate of drug-likeness (QED) is 0.612. The Kier molecular flexibility index (Phi) is 4.01. The molecule has 0 saturated carbocycles. The van der Waals surface area contributed by atoms with E-state index in [1.54, 1.807) is 6.92 Å². The second-order valence-corrected chi connectivity index (χ2v) is 4.15. The van der Waals surface area contributed by atoms with E-state index in [0.29, 0.717) is 0 Å². The molecule has 5 nitrogen and oxygen atoms in total. The van der Waals surface area contributed by atoms with Crippen LogP contribution >= 0.6 is 11.6 Å². The van der Waals surface area contributed by atoms with E-state index >= 15 is 0 Å². The lowest BCUT2D eigenvalue weighted by Gasteiger charge is -2.17. The van der Waals surface area contributed by atoms with Crippen LogP contribution in [0.5, 0.6) is 0 Å². The molecule has 7 heteroatoms. The summed E-state index contributed by atoms with van der Waals surface area (Å²) in [7, 11) is 0. The van der Waals surface area contributed by atoms with Crippen LogP contribution in [-0.4, -0.2) is 11.9 Å². The molecule has 0 fully saturated rings. The molecule has 0 aromatic heterocycles. The molecule has 0 spiro atoms. The predicted molar refractivity (Wildman–Crippen MR) is 67.1 cm³/mol. The van der Waals surface area contributed by atoms with Gasteiger partial charge in [-0.25, -0.2) is 4.39 Å². The summed E-state index contributed by atoms with van der Waals surface area (Å²) in [6.45, 7) is 1.67. The Labute approximate surface area is 103 Å². The Bertz CT molecular complexity index is 452. The zero-order valence-corrected chi connectivity index (χ0v) is 10.0. The number of hydrogen-bond acceptors (Lipinski definition) is 4. The third-order valence-electron chi connectivity index (χ3n) is 2.16. The fraction of sp³-hybridized carbons (Fsp3) is 0.300. The number of carbonyl (C=O) groups is 1. The van der Waals surface area contributed by atoms with Crippen LogP contribution in [-0.2, 0) is 4.79 Å². The maximum atomic E-state index is 13.8. The van der Waals surface area contributed by atoms with Gasteiger partial charge < -0.3 is 22.5 Å². The molecular weight excluding hydrogens is 247 g/mol. The minimum absolute atomic E-state index is 0.0259. The van der Waals surface area contributed by atoms with Crippen LogP contribution in [0.4, 0.5) is 21.5 Å². The number of amides is 1. The largest absolute Gasteiger partial charge is 0.397 e. The van der Waals surface area contributed by atoms with Gasteiger partial charge in [0.25, 0.3) is 0 Å². The molecular formula is C10H14ClFN4O. The highest BCUT2D eigenvalue weighted by atomic mass is 35.5. The normalized spacial score (nSPS) is 12.2. The van der Waals surface area contributed by atoms with E-state index in [9.17, 15) is 9.18 Å². The lowest BCUT2D eigenvalue weighted by molar-refractivity contribution is -0.118. The van der Waals surface area contributed by atoms with E-state index in [0.717, 1.165) is 0 Å². The summed E-state index contributed by atoms with van der Waals surface area (Å²) < 4.78 is 13.8. The smallest absolute Gasteiger partial charge is 0.219 e. The molecule has 0 radical (unpaired) electrons. The number of nitrogens with two attached hydrogens (primary N) is 3. The van der Waals surface area contributed by atoms with Gasteiger partial charge in [-0.3, -0.25) is 4.79 Å².